The van der Waals surface area contributed by atoms with Crippen molar-refractivity contribution in [3.05, 3.63) is 65.9 Å². The van der Waals surface area contributed by atoms with Crippen LogP contribution in [0.3, 0.4) is 0 Å². The van der Waals surface area contributed by atoms with E-state index in [1.807, 2.05) is 0 Å². The average molecular weight is 549 g/mol. The van der Waals surface area contributed by atoms with Crippen molar-refractivity contribution < 1.29 is 25.6 Å². The molecule has 1 aliphatic rings. The highest BCUT2D eigenvalue weighted by Crippen LogP contribution is 2.21. The second-order valence-electron chi connectivity index (χ2n) is 7.81. The Hall–Kier alpha value is -3.64. The lowest BCUT2D eigenvalue weighted by Crippen LogP contribution is -2.26. The number of sulfonamides is 2. The van der Waals surface area contributed by atoms with Crippen LogP contribution >= 0.6 is 0 Å². The van der Waals surface area contributed by atoms with Gasteiger partial charge in [0.25, 0.3) is 0 Å². The lowest BCUT2D eigenvalue weighted by molar-refractivity contribution is 0.543. The monoisotopic (exact) mass is 548 g/mol. The summed E-state index contributed by atoms with van der Waals surface area (Å²) >= 11 is 0. The SMILES string of the molecule is O=S1(=O)NCCCNc2nc(ncc2C#CCCNS(=O)(=O)c2ccc(F)cc2F)Nc2cccc1c2. The molecule has 10 nitrogen and oxygen atoms in total. The molecule has 0 amide bonds. The maximum Gasteiger partial charge on any atom is 0.243 e. The lowest BCUT2D eigenvalue weighted by atomic mass is 10.2. The van der Waals surface area contributed by atoms with Crippen molar-refractivity contribution in [1.29, 1.82) is 0 Å². The van der Waals surface area contributed by atoms with E-state index in [1.54, 1.807) is 12.1 Å². The Morgan fingerprint density at radius 2 is 1.95 bits per heavy atom. The summed E-state index contributed by atoms with van der Waals surface area (Å²) in [5, 5.41) is 6.08. The fourth-order valence-electron chi connectivity index (χ4n) is 3.30. The number of halogens is 2. The van der Waals surface area contributed by atoms with Gasteiger partial charge in [-0.2, -0.15) is 4.98 Å². The predicted octanol–water partition coefficient (Wildman–Crippen LogP) is 2.31. The van der Waals surface area contributed by atoms with Crippen LogP contribution in [-0.4, -0.2) is 46.4 Å². The third kappa shape index (κ3) is 6.77. The van der Waals surface area contributed by atoms with E-state index in [2.05, 4.69) is 41.9 Å². The molecule has 0 saturated heterocycles. The molecule has 0 unspecified atom stereocenters. The van der Waals surface area contributed by atoms with Gasteiger partial charge in [0.1, 0.15) is 22.3 Å². The molecule has 0 fully saturated rings. The number of nitrogens with zero attached hydrogens (tertiary/aromatic N) is 2. The Balaban J connectivity index is 1.47. The molecule has 0 spiro atoms. The van der Waals surface area contributed by atoms with Crippen LogP contribution < -0.4 is 20.1 Å². The molecule has 0 aliphatic carbocycles. The molecule has 0 radical (unpaired) electrons. The van der Waals surface area contributed by atoms with Gasteiger partial charge in [0, 0.05) is 37.8 Å². The van der Waals surface area contributed by atoms with Crippen LogP contribution in [0, 0.1) is 23.5 Å². The maximum absolute atomic E-state index is 13.8. The minimum absolute atomic E-state index is 0.0933. The number of rotatable bonds is 4. The quantitative estimate of drug-likeness (QED) is 0.288. The Bertz CT molecular complexity index is 1590. The van der Waals surface area contributed by atoms with E-state index in [0.717, 1.165) is 12.1 Å². The summed E-state index contributed by atoms with van der Waals surface area (Å²) in [7, 11) is -7.83. The molecule has 4 bridgehead atoms. The zero-order valence-electron chi connectivity index (χ0n) is 19.3. The van der Waals surface area contributed by atoms with E-state index in [-0.39, 0.29) is 30.4 Å². The van der Waals surface area contributed by atoms with Gasteiger partial charge in [0.2, 0.25) is 26.0 Å². The van der Waals surface area contributed by atoms with Crippen LogP contribution in [0.1, 0.15) is 18.4 Å². The standard InChI is InChI=1S/C23H22F2N6O4S2/c24-17-8-9-21(20(25)13-17)37(34,35)29-11-2-1-5-16-15-27-23-30-18-6-3-7-19(14-18)36(32,33)28-12-4-10-26-22(16)31-23/h3,6-9,13-15,28-29H,2,4,10-12H2,(H2,26,27,30,31). The average Bonchev–Trinajstić information content (AvgIpc) is 2.84. The molecule has 4 N–H and O–H groups in total. The first-order chi connectivity index (χ1) is 17.6. The summed E-state index contributed by atoms with van der Waals surface area (Å²) in [4.78, 5) is 8.13. The van der Waals surface area contributed by atoms with Gasteiger partial charge >= 0.3 is 0 Å². The minimum Gasteiger partial charge on any atom is -0.369 e. The highest BCUT2D eigenvalue weighted by atomic mass is 32.2. The number of hydrogen-bond acceptors (Lipinski definition) is 8. The van der Waals surface area contributed by atoms with Crippen LogP contribution in [0.2, 0.25) is 0 Å². The molecule has 1 aliphatic heterocycles. The Morgan fingerprint density at radius 3 is 2.76 bits per heavy atom. The molecular formula is C23H22F2N6O4S2. The van der Waals surface area contributed by atoms with Crippen molar-refractivity contribution in [3.63, 3.8) is 0 Å². The second-order valence-corrected chi connectivity index (χ2v) is 11.3. The van der Waals surface area contributed by atoms with Gasteiger partial charge in [-0.05, 0) is 36.8 Å². The normalized spacial score (nSPS) is 15.0. The molecule has 2 heterocycles. The van der Waals surface area contributed by atoms with E-state index in [1.165, 1.54) is 18.3 Å². The Labute approximate surface area is 213 Å². The van der Waals surface area contributed by atoms with Crippen LogP contribution in [0.4, 0.5) is 26.2 Å². The van der Waals surface area contributed by atoms with E-state index < -0.39 is 36.6 Å². The Kier molecular flexibility index (Phi) is 7.98. The van der Waals surface area contributed by atoms with Crippen molar-refractivity contribution in [1.82, 2.24) is 19.4 Å². The topological polar surface area (TPSA) is 142 Å². The second kappa shape index (κ2) is 11.2. The summed E-state index contributed by atoms with van der Waals surface area (Å²) in [6, 6.07) is 8.47. The van der Waals surface area contributed by atoms with Gasteiger partial charge < -0.3 is 10.6 Å². The number of benzene rings is 2. The van der Waals surface area contributed by atoms with E-state index in [0.29, 0.717) is 36.1 Å². The molecule has 0 atom stereocenters. The number of fused-ring (bicyclic) bond motifs is 4. The number of aromatic nitrogens is 2. The number of anilines is 3. The summed E-state index contributed by atoms with van der Waals surface area (Å²) in [6.07, 6.45) is 2.05. The summed E-state index contributed by atoms with van der Waals surface area (Å²) in [5.74, 6) is 4.27. The van der Waals surface area contributed by atoms with Gasteiger partial charge in [-0.25, -0.2) is 40.0 Å². The van der Waals surface area contributed by atoms with Gasteiger partial charge in [0.15, 0.2) is 0 Å². The Morgan fingerprint density at radius 1 is 1.11 bits per heavy atom. The minimum atomic E-state index is -4.17. The van der Waals surface area contributed by atoms with Gasteiger partial charge in [-0.1, -0.05) is 17.9 Å². The third-order valence-corrected chi connectivity index (χ3v) is 8.03. The summed E-state index contributed by atoms with van der Waals surface area (Å²) in [5.41, 5.74) is 0.930. The number of nitrogens with one attached hydrogen (secondary N) is 4. The summed E-state index contributed by atoms with van der Waals surface area (Å²) < 4.78 is 81.1. The molecule has 14 heteroatoms. The maximum atomic E-state index is 13.8. The highest BCUT2D eigenvalue weighted by molar-refractivity contribution is 7.89. The number of hydrogen-bond donors (Lipinski definition) is 4. The molecule has 1 aromatic heterocycles. The smallest absolute Gasteiger partial charge is 0.243 e. The van der Waals surface area contributed by atoms with Crippen molar-refractivity contribution in [2.45, 2.75) is 22.6 Å². The van der Waals surface area contributed by atoms with Crippen LogP contribution in [0.25, 0.3) is 0 Å². The highest BCUT2D eigenvalue weighted by Gasteiger charge is 2.19. The van der Waals surface area contributed by atoms with Gasteiger partial charge in [0.05, 0.1) is 16.7 Å². The van der Waals surface area contributed by atoms with Crippen molar-refractivity contribution >= 4 is 37.5 Å². The van der Waals surface area contributed by atoms with E-state index in [4.69, 9.17) is 0 Å². The fourth-order valence-corrected chi connectivity index (χ4v) is 5.51. The molecule has 194 valence electrons. The van der Waals surface area contributed by atoms with Crippen LogP contribution in [0.5, 0.6) is 0 Å². The van der Waals surface area contributed by atoms with E-state index >= 15 is 0 Å². The zero-order valence-corrected chi connectivity index (χ0v) is 20.9. The molecule has 3 aromatic rings. The first-order valence-electron chi connectivity index (χ1n) is 11.1. The molecule has 2 aromatic carbocycles. The van der Waals surface area contributed by atoms with Gasteiger partial charge in [-0.3, -0.25) is 0 Å². The third-order valence-electron chi connectivity index (χ3n) is 5.08. The lowest BCUT2D eigenvalue weighted by Gasteiger charge is -2.10. The van der Waals surface area contributed by atoms with Gasteiger partial charge in [-0.15, -0.1) is 0 Å². The first-order valence-corrected chi connectivity index (χ1v) is 14.0. The zero-order chi connectivity index (χ0) is 26.5. The van der Waals surface area contributed by atoms with E-state index in [9.17, 15) is 25.6 Å². The predicted molar refractivity (Wildman–Crippen MR) is 133 cm³/mol. The first kappa shape index (κ1) is 26.4. The van der Waals surface area contributed by atoms with Crippen LogP contribution in [0.15, 0.2) is 58.5 Å². The largest absolute Gasteiger partial charge is 0.369 e. The molecule has 4 rings (SSSR count). The van der Waals surface area contributed by atoms with Crippen molar-refractivity contribution in [3.8, 4) is 11.8 Å². The molecule has 0 saturated carbocycles. The van der Waals surface area contributed by atoms with Crippen molar-refractivity contribution in [2.75, 3.05) is 30.3 Å². The summed E-state index contributed by atoms with van der Waals surface area (Å²) in [6.45, 7) is 0.501. The molecular weight excluding hydrogens is 526 g/mol. The fraction of sp³-hybridized carbons (Fsp3) is 0.217. The van der Waals surface area contributed by atoms with Crippen molar-refractivity contribution in [2.24, 2.45) is 0 Å². The van der Waals surface area contributed by atoms with Crippen LogP contribution in [-0.2, 0) is 20.0 Å². The molecule has 37 heavy (non-hydrogen) atoms.